The summed E-state index contributed by atoms with van der Waals surface area (Å²) in [5.74, 6) is -0.104. The number of rotatable bonds is 6. The van der Waals surface area contributed by atoms with Crippen molar-refractivity contribution in [1.82, 2.24) is 10.3 Å². The number of anilines is 1. The first kappa shape index (κ1) is 12.6. The molecular formula is C8H12BrN3O2S. The molecule has 0 unspecified atom stereocenters. The molecule has 1 aromatic heterocycles. The van der Waals surface area contributed by atoms with Crippen molar-refractivity contribution in [2.24, 2.45) is 0 Å². The van der Waals surface area contributed by atoms with Crippen molar-refractivity contribution in [1.29, 1.82) is 0 Å². The summed E-state index contributed by atoms with van der Waals surface area (Å²) in [7, 11) is 1.62. The van der Waals surface area contributed by atoms with Crippen LogP contribution in [0.15, 0.2) is 9.98 Å². The second-order valence-corrected chi connectivity index (χ2v) is 5.10. The summed E-state index contributed by atoms with van der Waals surface area (Å²) in [6, 6.07) is 0. The molecule has 0 spiro atoms. The first-order valence-corrected chi connectivity index (χ1v) is 5.94. The zero-order chi connectivity index (χ0) is 11.1. The predicted molar refractivity (Wildman–Crippen MR) is 63.2 cm³/mol. The summed E-state index contributed by atoms with van der Waals surface area (Å²) in [6.07, 6.45) is 1.65. The molecule has 2 N–H and O–H groups in total. The van der Waals surface area contributed by atoms with Gasteiger partial charge in [-0.1, -0.05) is 11.3 Å². The molecule has 1 rings (SSSR count). The van der Waals surface area contributed by atoms with Crippen LogP contribution in [0.2, 0.25) is 0 Å². The third-order valence-electron chi connectivity index (χ3n) is 1.49. The Balaban J connectivity index is 2.18. The van der Waals surface area contributed by atoms with Gasteiger partial charge in [-0.05, 0) is 15.9 Å². The highest BCUT2D eigenvalue weighted by atomic mass is 79.9. The molecule has 1 heterocycles. The lowest BCUT2D eigenvalue weighted by atomic mass is 10.5. The fourth-order valence-electron chi connectivity index (χ4n) is 0.852. The Morgan fingerprint density at radius 3 is 3.13 bits per heavy atom. The minimum Gasteiger partial charge on any atom is -0.383 e. The summed E-state index contributed by atoms with van der Waals surface area (Å²) < 4.78 is 5.73. The summed E-state index contributed by atoms with van der Waals surface area (Å²) in [4.78, 5) is 15.3. The molecule has 0 aliphatic rings. The van der Waals surface area contributed by atoms with E-state index in [0.29, 0.717) is 18.3 Å². The highest BCUT2D eigenvalue weighted by Gasteiger charge is 2.04. The van der Waals surface area contributed by atoms with Crippen LogP contribution in [-0.4, -0.2) is 37.7 Å². The highest BCUT2D eigenvalue weighted by molar-refractivity contribution is 9.11. The number of nitrogens with one attached hydrogen (secondary N) is 2. The van der Waals surface area contributed by atoms with Gasteiger partial charge in [0.2, 0.25) is 5.91 Å². The van der Waals surface area contributed by atoms with E-state index in [9.17, 15) is 4.79 Å². The lowest BCUT2D eigenvalue weighted by Gasteiger charge is -2.03. The van der Waals surface area contributed by atoms with Crippen LogP contribution in [0.1, 0.15) is 0 Å². The number of nitrogens with zero attached hydrogens (tertiary/aromatic N) is 1. The quantitative estimate of drug-likeness (QED) is 0.771. The summed E-state index contributed by atoms with van der Waals surface area (Å²) in [5, 5.41) is 6.21. The number of amides is 1. The molecule has 5 nitrogen and oxygen atoms in total. The first-order chi connectivity index (χ1) is 7.22. The second-order valence-electron chi connectivity index (χ2n) is 2.69. The number of methoxy groups -OCH3 is 1. The Kier molecular flexibility index (Phi) is 5.77. The van der Waals surface area contributed by atoms with E-state index in [1.807, 2.05) is 0 Å². The van der Waals surface area contributed by atoms with Gasteiger partial charge in [0.1, 0.15) is 0 Å². The maximum Gasteiger partial charge on any atom is 0.240 e. The molecule has 84 valence electrons. The fourth-order valence-corrected chi connectivity index (χ4v) is 1.97. The maximum atomic E-state index is 11.3. The van der Waals surface area contributed by atoms with Gasteiger partial charge in [0.15, 0.2) is 5.13 Å². The largest absolute Gasteiger partial charge is 0.383 e. The molecule has 0 radical (unpaired) electrons. The molecule has 0 atom stereocenters. The van der Waals surface area contributed by atoms with E-state index in [4.69, 9.17) is 4.74 Å². The molecule has 0 saturated carbocycles. The van der Waals surface area contributed by atoms with Crippen LogP contribution < -0.4 is 10.6 Å². The van der Waals surface area contributed by atoms with Gasteiger partial charge in [0.05, 0.1) is 23.1 Å². The third-order valence-corrected chi connectivity index (χ3v) is 2.88. The molecule has 0 saturated heterocycles. The molecule has 15 heavy (non-hydrogen) atoms. The third kappa shape index (κ3) is 5.22. The number of ether oxygens (including phenoxy) is 1. The zero-order valence-corrected chi connectivity index (χ0v) is 10.7. The van der Waals surface area contributed by atoms with Crippen molar-refractivity contribution in [3.63, 3.8) is 0 Å². The number of carbonyl (C=O) groups excluding carboxylic acids is 1. The minimum atomic E-state index is -0.104. The number of aromatic nitrogens is 1. The molecular weight excluding hydrogens is 282 g/mol. The molecule has 0 aliphatic heterocycles. The predicted octanol–water partition coefficient (Wildman–Crippen LogP) is 1.08. The Hall–Kier alpha value is -0.500. The first-order valence-electron chi connectivity index (χ1n) is 4.33. The van der Waals surface area contributed by atoms with Crippen LogP contribution in [0.4, 0.5) is 5.13 Å². The van der Waals surface area contributed by atoms with E-state index < -0.39 is 0 Å². The lowest BCUT2D eigenvalue weighted by Crippen LogP contribution is -2.30. The Labute approximate surface area is 100 Å². The van der Waals surface area contributed by atoms with Gasteiger partial charge in [0, 0.05) is 13.7 Å². The molecule has 0 bridgehead atoms. The van der Waals surface area contributed by atoms with Crippen molar-refractivity contribution >= 4 is 38.3 Å². The average molecular weight is 294 g/mol. The van der Waals surface area contributed by atoms with Gasteiger partial charge in [-0.15, -0.1) is 0 Å². The van der Waals surface area contributed by atoms with Gasteiger partial charge >= 0.3 is 0 Å². The molecule has 0 fully saturated rings. The van der Waals surface area contributed by atoms with Gasteiger partial charge < -0.3 is 15.4 Å². The summed E-state index contributed by atoms with van der Waals surface area (Å²) in [5.41, 5.74) is 0. The van der Waals surface area contributed by atoms with Crippen LogP contribution in [0.5, 0.6) is 0 Å². The normalized spacial score (nSPS) is 10.3. The second kappa shape index (κ2) is 6.89. The summed E-state index contributed by atoms with van der Waals surface area (Å²) >= 11 is 4.65. The van der Waals surface area contributed by atoms with E-state index in [1.54, 1.807) is 13.3 Å². The molecule has 0 aliphatic carbocycles. The van der Waals surface area contributed by atoms with Gasteiger partial charge in [-0.3, -0.25) is 4.79 Å². The van der Waals surface area contributed by atoms with Crippen LogP contribution in [0.25, 0.3) is 0 Å². The monoisotopic (exact) mass is 293 g/mol. The standard InChI is InChI=1S/C8H12BrN3O2S/c1-14-3-2-10-5-7(13)12-8-11-4-6(9)15-8/h4,10H,2-3,5H2,1H3,(H,11,12,13). The van der Waals surface area contributed by atoms with Crippen molar-refractivity contribution in [3.05, 3.63) is 9.98 Å². The Bertz CT molecular complexity index is 319. The van der Waals surface area contributed by atoms with Crippen LogP contribution in [0.3, 0.4) is 0 Å². The van der Waals surface area contributed by atoms with E-state index in [0.717, 1.165) is 3.79 Å². The van der Waals surface area contributed by atoms with Crippen molar-refractivity contribution in [3.8, 4) is 0 Å². The minimum absolute atomic E-state index is 0.104. The lowest BCUT2D eigenvalue weighted by molar-refractivity contribution is -0.115. The number of hydrogen-bond acceptors (Lipinski definition) is 5. The average Bonchev–Trinajstić information content (AvgIpc) is 2.59. The van der Waals surface area contributed by atoms with E-state index in [2.05, 4.69) is 31.5 Å². The fraction of sp³-hybridized carbons (Fsp3) is 0.500. The topological polar surface area (TPSA) is 63.2 Å². The van der Waals surface area contributed by atoms with Crippen LogP contribution in [0, 0.1) is 0 Å². The van der Waals surface area contributed by atoms with Crippen molar-refractivity contribution in [2.45, 2.75) is 0 Å². The van der Waals surface area contributed by atoms with Gasteiger partial charge in [-0.25, -0.2) is 4.98 Å². The van der Waals surface area contributed by atoms with Crippen molar-refractivity contribution < 1.29 is 9.53 Å². The summed E-state index contributed by atoms with van der Waals surface area (Å²) in [6.45, 7) is 1.52. The zero-order valence-electron chi connectivity index (χ0n) is 8.25. The number of hydrogen-bond donors (Lipinski definition) is 2. The SMILES string of the molecule is COCCNCC(=O)Nc1ncc(Br)s1. The molecule has 7 heteroatoms. The molecule has 1 amide bonds. The maximum absolute atomic E-state index is 11.3. The van der Waals surface area contributed by atoms with Crippen molar-refractivity contribution in [2.75, 3.05) is 32.1 Å². The van der Waals surface area contributed by atoms with E-state index >= 15 is 0 Å². The smallest absolute Gasteiger partial charge is 0.240 e. The van der Waals surface area contributed by atoms with Crippen LogP contribution >= 0.6 is 27.3 Å². The van der Waals surface area contributed by atoms with E-state index in [-0.39, 0.29) is 12.5 Å². The molecule has 0 aromatic carbocycles. The molecule has 1 aromatic rings. The Morgan fingerprint density at radius 1 is 1.73 bits per heavy atom. The number of halogens is 1. The Morgan fingerprint density at radius 2 is 2.53 bits per heavy atom. The number of thiazole rings is 1. The van der Waals surface area contributed by atoms with Crippen LogP contribution in [-0.2, 0) is 9.53 Å². The van der Waals surface area contributed by atoms with Gasteiger partial charge in [-0.2, -0.15) is 0 Å². The highest BCUT2D eigenvalue weighted by Crippen LogP contribution is 2.22. The number of carbonyl (C=O) groups is 1. The van der Waals surface area contributed by atoms with Gasteiger partial charge in [0.25, 0.3) is 0 Å². The van der Waals surface area contributed by atoms with E-state index in [1.165, 1.54) is 11.3 Å².